The first-order chi connectivity index (χ1) is 9.94. The van der Waals surface area contributed by atoms with E-state index in [9.17, 15) is 4.79 Å². The van der Waals surface area contributed by atoms with Crippen LogP contribution >= 0.6 is 0 Å². The number of hydrogen-bond acceptors (Lipinski definition) is 4. The quantitative estimate of drug-likeness (QED) is 0.896. The summed E-state index contributed by atoms with van der Waals surface area (Å²) in [5.74, 6) is 0. The molecule has 2 rings (SSSR count). The number of ether oxygens (including phenoxy) is 2. The van der Waals surface area contributed by atoms with Crippen LogP contribution in [-0.4, -0.2) is 30.9 Å². The third-order valence-electron chi connectivity index (χ3n) is 3.13. The van der Waals surface area contributed by atoms with Crippen LogP contribution in [0, 0.1) is 0 Å². The molecule has 1 amide bonds. The van der Waals surface area contributed by atoms with Crippen LogP contribution in [0.4, 0.5) is 10.5 Å². The molecule has 21 heavy (non-hydrogen) atoms. The number of anilines is 1. The van der Waals surface area contributed by atoms with Crippen molar-refractivity contribution in [2.75, 3.05) is 18.5 Å². The number of rotatable bonds is 4. The summed E-state index contributed by atoms with van der Waals surface area (Å²) in [4.78, 5) is 11.7. The van der Waals surface area contributed by atoms with Crippen molar-refractivity contribution in [3.05, 3.63) is 29.8 Å². The molecule has 1 saturated heterocycles. The molecule has 0 saturated carbocycles. The average Bonchev–Trinajstić information content (AvgIpc) is 2.88. The van der Waals surface area contributed by atoms with Crippen LogP contribution in [0.5, 0.6) is 0 Å². The van der Waals surface area contributed by atoms with Gasteiger partial charge in [-0.15, -0.1) is 0 Å². The van der Waals surface area contributed by atoms with Gasteiger partial charge < -0.3 is 20.1 Å². The Kier molecular flexibility index (Phi) is 5.07. The minimum atomic E-state index is -0.483. The molecule has 2 N–H and O–H groups in total. The summed E-state index contributed by atoms with van der Waals surface area (Å²) in [7, 11) is 0. The number of amides is 1. The van der Waals surface area contributed by atoms with E-state index in [1.807, 2.05) is 45.0 Å². The molecule has 1 heterocycles. The second-order valence-electron chi connectivity index (χ2n) is 6.22. The van der Waals surface area contributed by atoms with Gasteiger partial charge in [-0.05, 0) is 38.8 Å². The van der Waals surface area contributed by atoms with Crippen LogP contribution in [0.2, 0.25) is 0 Å². The SMILES string of the molecule is CC(C)(C)OC(=O)NCc1ccccc1NC1CCOC1. The van der Waals surface area contributed by atoms with E-state index < -0.39 is 11.7 Å². The molecule has 1 unspecified atom stereocenters. The molecule has 1 aromatic rings. The zero-order chi connectivity index (χ0) is 15.3. The molecule has 5 heteroatoms. The van der Waals surface area contributed by atoms with E-state index >= 15 is 0 Å². The monoisotopic (exact) mass is 292 g/mol. The smallest absolute Gasteiger partial charge is 0.407 e. The lowest BCUT2D eigenvalue weighted by Gasteiger charge is -2.20. The van der Waals surface area contributed by atoms with Gasteiger partial charge in [-0.1, -0.05) is 18.2 Å². The Hall–Kier alpha value is -1.75. The van der Waals surface area contributed by atoms with Gasteiger partial charge in [0.2, 0.25) is 0 Å². The highest BCUT2D eigenvalue weighted by Crippen LogP contribution is 2.19. The summed E-state index contributed by atoms with van der Waals surface area (Å²) < 4.78 is 10.6. The van der Waals surface area contributed by atoms with E-state index in [0.29, 0.717) is 12.6 Å². The van der Waals surface area contributed by atoms with E-state index in [0.717, 1.165) is 30.9 Å². The predicted molar refractivity (Wildman–Crippen MR) is 82.4 cm³/mol. The van der Waals surface area contributed by atoms with E-state index in [2.05, 4.69) is 10.6 Å². The third kappa shape index (κ3) is 5.27. The molecular weight excluding hydrogens is 268 g/mol. The van der Waals surface area contributed by atoms with Crippen LogP contribution in [0.25, 0.3) is 0 Å². The Morgan fingerprint density at radius 2 is 2.14 bits per heavy atom. The fraction of sp³-hybridized carbons (Fsp3) is 0.562. The van der Waals surface area contributed by atoms with Gasteiger partial charge in [0, 0.05) is 18.8 Å². The highest BCUT2D eigenvalue weighted by atomic mass is 16.6. The number of alkyl carbamates (subject to hydrolysis) is 1. The number of nitrogens with one attached hydrogen (secondary N) is 2. The molecule has 5 nitrogen and oxygen atoms in total. The van der Waals surface area contributed by atoms with Crippen molar-refractivity contribution in [1.29, 1.82) is 0 Å². The molecule has 1 fully saturated rings. The van der Waals surface area contributed by atoms with E-state index in [1.165, 1.54) is 0 Å². The standard InChI is InChI=1S/C16H24N2O3/c1-16(2,3)21-15(19)17-10-12-6-4-5-7-14(12)18-13-8-9-20-11-13/h4-7,13,18H,8-11H2,1-3H3,(H,17,19). The first kappa shape index (κ1) is 15.6. The largest absolute Gasteiger partial charge is 0.444 e. The molecule has 1 atom stereocenters. The number of carbonyl (C=O) groups is 1. The third-order valence-corrected chi connectivity index (χ3v) is 3.13. The Labute approximate surface area is 126 Å². The van der Waals surface area contributed by atoms with Gasteiger partial charge in [0.05, 0.1) is 12.6 Å². The van der Waals surface area contributed by atoms with E-state index in [-0.39, 0.29) is 0 Å². The number of para-hydroxylation sites is 1. The van der Waals surface area contributed by atoms with Crippen molar-refractivity contribution in [1.82, 2.24) is 5.32 Å². The Balaban J connectivity index is 1.91. The molecule has 0 spiro atoms. The van der Waals surface area contributed by atoms with Crippen LogP contribution in [0.1, 0.15) is 32.8 Å². The van der Waals surface area contributed by atoms with Crippen molar-refractivity contribution < 1.29 is 14.3 Å². The topological polar surface area (TPSA) is 59.6 Å². The lowest BCUT2D eigenvalue weighted by Crippen LogP contribution is -2.32. The lowest BCUT2D eigenvalue weighted by molar-refractivity contribution is 0.0523. The van der Waals surface area contributed by atoms with Gasteiger partial charge in [-0.25, -0.2) is 4.79 Å². The molecule has 0 aromatic heterocycles. The number of hydrogen-bond donors (Lipinski definition) is 2. The maximum atomic E-state index is 11.7. The van der Waals surface area contributed by atoms with Crippen LogP contribution in [-0.2, 0) is 16.0 Å². The van der Waals surface area contributed by atoms with Gasteiger partial charge in [0.25, 0.3) is 0 Å². The summed E-state index contributed by atoms with van der Waals surface area (Å²) in [5, 5.41) is 6.25. The van der Waals surface area contributed by atoms with Crippen molar-refractivity contribution in [2.24, 2.45) is 0 Å². The van der Waals surface area contributed by atoms with Gasteiger partial charge in [-0.2, -0.15) is 0 Å². The summed E-state index contributed by atoms with van der Waals surface area (Å²) in [6.45, 7) is 7.52. The Morgan fingerprint density at radius 3 is 2.81 bits per heavy atom. The summed E-state index contributed by atoms with van der Waals surface area (Å²) in [6, 6.07) is 8.30. The number of carbonyl (C=O) groups excluding carboxylic acids is 1. The zero-order valence-electron chi connectivity index (χ0n) is 12.9. The van der Waals surface area contributed by atoms with Crippen molar-refractivity contribution in [3.8, 4) is 0 Å². The summed E-state index contributed by atoms with van der Waals surface area (Å²) in [5.41, 5.74) is 1.59. The first-order valence-corrected chi connectivity index (χ1v) is 7.33. The molecule has 0 bridgehead atoms. The average molecular weight is 292 g/mol. The maximum Gasteiger partial charge on any atom is 0.407 e. The van der Waals surface area contributed by atoms with Gasteiger partial charge >= 0.3 is 6.09 Å². The molecule has 116 valence electrons. The van der Waals surface area contributed by atoms with Crippen LogP contribution < -0.4 is 10.6 Å². The molecule has 1 aliphatic heterocycles. The Morgan fingerprint density at radius 1 is 1.38 bits per heavy atom. The molecule has 1 aliphatic rings. The van der Waals surface area contributed by atoms with E-state index in [4.69, 9.17) is 9.47 Å². The molecule has 0 radical (unpaired) electrons. The second kappa shape index (κ2) is 6.80. The highest BCUT2D eigenvalue weighted by molar-refractivity contribution is 5.68. The molecule has 0 aliphatic carbocycles. The normalized spacial score (nSPS) is 18.3. The Bertz CT molecular complexity index is 477. The van der Waals surface area contributed by atoms with Gasteiger partial charge in [-0.3, -0.25) is 0 Å². The van der Waals surface area contributed by atoms with Crippen LogP contribution in [0.15, 0.2) is 24.3 Å². The molecule has 1 aromatic carbocycles. The zero-order valence-corrected chi connectivity index (χ0v) is 12.9. The van der Waals surface area contributed by atoms with Crippen molar-refractivity contribution >= 4 is 11.8 Å². The second-order valence-corrected chi connectivity index (χ2v) is 6.22. The molecular formula is C16H24N2O3. The van der Waals surface area contributed by atoms with Crippen LogP contribution in [0.3, 0.4) is 0 Å². The fourth-order valence-corrected chi connectivity index (χ4v) is 2.17. The fourth-order valence-electron chi connectivity index (χ4n) is 2.17. The minimum absolute atomic E-state index is 0.340. The van der Waals surface area contributed by atoms with Crippen molar-refractivity contribution in [2.45, 2.75) is 45.4 Å². The van der Waals surface area contributed by atoms with Gasteiger partial charge in [0.1, 0.15) is 5.60 Å². The van der Waals surface area contributed by atoms with Gasteiger partial charge in [0.15, 0.2) is 0 Å². The summed E-state index contributed by atoms with van der Waals surface area (Å²) in [6.07, 6.45) is 0.606. The minimum Gasteiger partial charge on any atom is -0.444 e. The predicted octanol–water partition coefficient (Wildman–Crippen LogP) is 2.91. The maximum absolute atomic E-state index is 11.7. The van der Waals surface area contributed by atoms with Crippen molar-refractivity contribution in [3.63, 3.8) is 0 Å². The lowest BCUT2D eigenvalue weighted by atomic mass is 10.1. The highest BCUT2D eigenvalue weighted by Gasteiger charge is 2.18. The first-order valence-electron chi connectivity index (χ1n) is 7.33. The van der Waals surface area contributed by atoms with E-state index in [1.54, 1.807) is 0 Å². The number of benzene rings is 1. The summed E-state index contributed by atoms with van der Waals surface area (Å²) >= 11 is 0.